The molecule has 6 heteroatoms. The van der Waals surface area contributed by atoms with Crippen LogP contribution in [0.5, 0.6) is 0 Å². The van der Waals surface area contributed by atoms with Crippen LogP contribution in [-0.4, -0.2) is 26.1 Å². The highest BCUT2D eigenvalue weighted by Gasteiger charge is 2.12. The van der Waals surface area contributed by atoms with Gasteiger partial charge in [-0.25, -0.2) is 4.99 Å². The number of amidine groups is 1. The first-order chi connectivity index (χ1) is 7.70. The number of halogens is 2. The van der Waals surface area contributed by atoms with Gasteiger partial charge in [0.25, 0.3) is 0 Å². The van der Waals surface area contributed by atoms with Gasteiger partial charge in [0.05, 0.1) is 17.8 Å². The van der Waals surface area contributed by atoms with E-state index in [0.29, 0.717) is 22.7 Å². The van der Waals surface area contributed by atoms with Crippen LogP contribution in [0.2, 0.25) is 10.0 Å². The van der Waals surface area contributed by atoms with E-state index in [0.717, 1.165) is 5.69 Å². The van der Waals surface area contributed by atoms with Crippen molar-refractivity contribution >= 4 is 41.2 Å². The monoisotopic (exact) mass is 257 g/mol. The van der Waals surface area contributed by atoms with Crippen LogP contribution >= 0.6 is 23.2 Å². The Balaban J connectivity index is 2.22. The molecule has 0 N–H and O–H groups in total. The van der Waals surface area contributed by atoms with Gasteiger partial charge in [0.1, 0.15) is 13.0 Å². The molecule has 0 amide bonds. The highest BCUT2D eigenvalue weighted by atomic mass is 35.5. The molecular weight excluding hydrogens is 249 g/mol. The summed E-state index contributed by atoms with van der Waals surface area (Å²) in [5.74, 6) is 0. The fourth-order valence-electron chi connectivity index (χ4n) is 1.30. The van der Waals surface area contributed by atoms with Crippen LogP contribution in [0.1, 0.15) is 0 Å². The minimum absolute atomic E-state index is 0.362. The van der Waals surface area contributed by atoms with Crippen LogP contribution in [0.15, 0.2) is 28.2 Å². The molecule has 0 radical (unpaired) electrons. The number of benzene rings is 1. The molecule has 84 valence electrons. The molecule has 16 heavy (non-hydrogen) atoms. The number of ether oxygens (including phenoxy) is 1. The summed E-state index contributed by atoms with van der Waals surface area (Å²) in [7, 11) is 1.53. The second-order valence-corrected chi connectivity index (χ2v) is 3.94. The van der Waals surface area contributed by atoms with E-state index in [4.69, 9.17) is 27.9 Å². The minimum atomic E-state index is 0.362. The van der Waals surface area contributed by atoms with Crippen LogP contribution in [0, 0.1) is 0 Å². The second kappa shape index (κ2) is 4.72. The van der Waals surface area contributed by atoms with Crippen molar-refractivity contribution < 1.29 is 4.74 Å². The van der Waals surface area contributed by atoms with Gasteiger partial charge in [0.2, 0.25) is 0 Å². The molecule has 0 spiro atoms. The molecule has 0 fully saturated rings. The molecule has 1 heterocycles. The molecule has 0 aromatic heterocycles. The Hall–Kier alpha value is -1.26. The van der Waals surface area contributed by atoms with Crippen molar-refractivity contribution in [2.45, 2.75) is 0 Å². The molecule has 0 unspecified atom stereocenters. The van der Waals surface area contributed by atoms with E-state index in [1.807, 2.05) is 6.07 Å². The van der Waals surface area contributed by atoms with Gasteiger partial charge in [-0.05, 0) is 18.2 Å². The molecule has 0 saturated carbocycles. The minimum Gasteiger partial charge on any atom is -0.467 e. The third kappa shape index (κ3) is 2.28. The third-order valence-corrected chi connectivity index (χ3v) is 2.61. The normalized spacial score (nSPS) is 14.9. The predicted octanol–water partition coefficient (Wildman–Crippen LogP) is 2.80. The number of rotatable bonds is 1. The van der Waals surface area contributed by atoms with Crippen molar-refractivity contribution in [3.63, 3.8) is 0 Å². The van der Waals surface area contributed by atoms with Crippen LogP contribution < -0.4 is 4.90 Å². The van der Waals surface area contributed by atoms with E-state index < -0.39 is 0 Å². The molecule has 2 rings (SSSR count). The Morgan fingerprint density at radius 2 is 2.19 bits per heavy atom. The number of hydrogen-bond acceptors (Lipinski definition) is 4. The molecule has 1 aliphatic rings. The summed E-state index contributed by atoms with van der Waals surface area (Å²) in [5, 5.41) is 1.17. The Morgan fingerprint density at radius 1 is 1.38 bits per heavy atom. The van der Waals surface area contributed by atoms with Crippen LogP contribution in [0.25, 0.3) is 0 Å². The van der Waals surface area contributed by atoms with Crippen molar-refractivity contribution in [2.24, 2.45) is 9.98 Å². The van der Waals surface area contributed by atoms with E-state index in [1.54, 1.807) is 23.4 Å². The number of hydrogen-bond donors (Lipinski definition) is 0. The van der Waals surface area contributed by atoms with Crippen LogP contribution in [0.3, 0.4) is 0 Å². The number of aliphatic imine (C=N–C) groups is 2. The zero-order chi connectivity index (χ0) is 11.5. The maximum Gasteiger partial charge on any atom is 0.314 e. The van der Waals surface area contributed by atoms with Crippen molar-refractivity contribution in [1.29, 1.82) is 0 Å². The predicted molar refractivity (Wildman–Crippen MR) is 66.7 cm³/mol. The fourth-order valence-corrected chi connectivity index (χ4v) is 1.82. The van der Waals surface area contributed by atoms with Gasteiger partial charge in [0.15, 0.2) is 0 Å². The Labute approximate surface area is 103 Å². The number of methoxy groups -OCH3 is 1. The zero-order valence-electron chi connectivity index (χ0n) is 8.52. The maximum atomic E-state index is 6.07. The summed E-state index contributed by atoms with van der Waals surface area (Å²) >= 11 is 11.9. The van der Waals surface area contributed by atoms with Crippen LogP contribution in [-0.2, 0) is 4.74 Å². The highest BCUT2D eigenvalue weighted by Crippen LogP contribution is 2.28. The van der Waals surface area contributed by atoms with Crippen molar-refractivity contribution in [3.8, 4) is 0 Å². The number of nitrogens with zero attached hydrogens (tertiary/aromatic N) is 3. The summed E-state index contributed by atoms with van der Waals surface area (Å²) in [4.78, 5) is 9.91. The quantitative estimate of drug-likeness (QED) is 0.776. The molecule has 0 atom stereocenters. The summed E-state index contributed by atoms with van der Waals surface area (Å²) in [6.45, 7) is 0.425. The average molecular weight is 258 g/mol. The first kappa shape index (κ1) is 11.2. The van der Waals surface area contributed by atoms with Crippen molar-refractivity contribution in [3.05, 3.63) is 28.2 Å². The number of anilines is 1. The van der Waals surface area contributed by atoms with E-state index in [-0.39, 0.29) is 0 Å². The van der Waals surface area contributed by atoms with Gasteiger partial charge in [-0.3, -0.25) is 0 Å². The van der Waals surface area contributed by atoms with Gasteiger partial charge in [-0.15, -0.1) is 0 Å². The lowest BCUT2D eigenvalue weighted by Crippen LogP contribution is -2.26. The van der Waals surface area contributed by atoms with Crippen molar-refractivity contribution in [1.82, 2.24) is 0 Å². The molecular formula is C10H9Cl2N3O. The molecule has 1 aromatic rings. The summed E-state index contributed by atoms with van der Waals surface area (Å²) < 4.78 is 4.90. The molecule has 1 aliphatic heterocycles. The molecule has 0 saturated heterocycles. The smallest absolute Gasteiger partial charge is 0.314 e. The van der Waals surface area contributed by atoms with E-state index in [1.165, 1.54) is 7.11 Å². The SMILES string of the molecule is COC1=NCN(c2ccc(Cl)cc2Cl)C=N1. The van der Waals surface area contributed by atoms with Gasteiger partial charge >= 0.3 is 6.02 Å². The Kier molecular flexibility index (Phi) is 3.31. The molecule has 0 bridgehead atoms. The summed E-state index contributed by atoms with van der Waals surface area (Å²) in [5.41, 5.74) is 0.814. The first-order valence-corrected chi connectivity index (χ1v) is 5.30. The van der Waals surface area contributed by atoms with E-state index >= 15 is 0 Å². The van der Waals surface area contributed by atoms with Gasteiger partial charge in [0, 0.05) is 5.02 Å². The highest BCUT2D eigenvalue weighted by molar-refractivity contribution is 6.36. The third-order valence-electron chi connectivity index (χ3n) is 2.07. The maximum absolute atomic E-state index is 6.07. The van der Waals surface area contributed by atoms with Crippen LogP contribution in [0.4, 0.5) is 5.69 Å². The first-order valence-electron chi connectivity index (χ1n) is 4.55. The van der Waals surface area contributed by atoms with Gasteiger partial charge < -0.3 is 9.64 Å². The van der Waals surface area contributed by atoms with E-state index in [2.05, 4.69) is 9.98 Å². The zero-order valence-corrected chi connectivity index (χ0v) is 10.0. The van der Waals surface area contributed by atoms with E-state index in [9.17, 15) is 0 Å². The topological polar surface area (TPSA) is 37.2 Å². The standard InChI is InChI=1S/C10H9Cl2N3O/c1-16-10-13-5-15(6-14-10)9-3-2-7(11)4-8(9)12/h2-5H,6H2,1H3. The second-order valence-electron chi connectivity index (χ2n) is 3.10. The average Bonchev–Trinajstić information content (AvgIpc) is 2.29. The molecule has 1 aromatic carbocycles. The summed E-state index contributed by atoms with van der Waals surface area (Å²) in [6, 6.07) is 5.64. The van der Waals surface area contributed by atoms with Gasteiger partial charge in [-0.1, -0.05) is 23.2 Å². The Morgan fingerprint density at radius 3 is 2.75 bits per heavy atom. The molecule has 4 nitrogen and oxygen atoms in total. The fraction of sp³-hybridized carbons (Fsp3) is 0.200. The lowest BCUT2D eigenvalue weighted by atomic mass is 10.3. The van der Waals surface area contributed by atoms with Crippen molar-refractivity contribution in [2.75, 3.05) is 18.7 Å². The lowest BCUT2D eigenvalue weighted by molar-refractivity contribution is 0.394. The van der Waals surface area contributed by atoms with Gasteiger partial charge in [-0.2, -0.15) is 4.99 Å². The Bertz CT molecular complexity index is 459. The molecule has 0 aliphatic carbocycles. The summed E-state index contributed by atoms with van der Waals surface area (Å²) in [6.07, 6.45) is 1.63. The lowest BCUT2D eigenvalue weighted by Gasteiger charge is -2.21. The largest absolute Gasteiger partial charge is 0.467 e.